The lowest BCUT2D eigenvalue weighted by Gasteiger charge is -2.11. The van der Waals surface area contributed by atoms with Gasteiger partial charge in [-0.05, 0) is 59.7 Å². The Balaban J connectivity index is 2.38. The topological polar surface area (TPSA) is 43.8 Å². The minimum Gasteiger partial charge on any atom is -0.369 e. The van der Waals surface area contributed by atoms with E-state index >= 15 is 0 Å². The predicted molar refractivity (Wildman–Crippen MR) is 87.6 cm³/mol. The van der Waals surface area contributed by atoms with Crippen molar-refractivity contribution < 1.29 is 4.39 Å². The average Bonchev–Trinajstić information content (AvgIpc) is 2.69. The van der Waals surface area contributed by atoms with E-state index in [1.165, 1.54) is 6.07 Å². The molecule has 0 fully saturated rings. The second-order valence-electron chi connectivity index (χ2n) is 4.85. The maximum atomic E-state index is 13.8. The van der Waals surface area contributed by atoms with E-state index in [1.807, 2.05) is 54.6 Å². The van der Waals surface area contributed by atoms with Crippen LogP contribution in [0.2, 0.25) is 0 Å². The van der Waals surface area contributed by atoms with E-state index in [4.69, 9.17) is 5.73 Å². The lowest BCUT2D eigenvalue weighted by atomic mass is 10.1. The molecular formula is C15H13FIN3. The standard InChI is InChI=1S/C15H13FIN3/c1-8-3-4-9(2)13(5-8)20-14-6-10(16)11(17)7-12(14)19-15(20)18/h3-7H,1-2H3,(H2,18,19). The number of fused-ring (bicyclic) bond motifs is 1. The van der Waals surface area contributed by atoms with E-state index in [0.29, 0.717) is 20.6 Å². The maximum Gasteiger partial charge on any atom is 0.205 e. The van der Waals surface area contributed by atoms with Crippen LogP contribution in [0.4, 0.5) is 10.3 Å². The minimum atomic E-state index is -0.260. The molecule has 0 bridgehead atoms. The Morgan fingerprint density at radius 2 is 1.95 bits per heavy atom. The quantitative estimate of drug-likeness (QED) is 0.649. The summed E-state index contributed by atoms with van der Waals surface area (Å²) in [5.74, 6) is 0.111. The van der Waals surface area contributed by atoms with Crippen molar-refractivity contribution in [2.45, 2.75) is 13.8 Å². The number of aryl methyl sites for hydroxylation is 2. The lowest BCUT2D eigenvalue weighted by molar-refractivity contribution is 0.622. The van der Waals surface area contributed by atoms with Crippen molar-refractivity contribution in [3.8, 4) is 5.69 Å². The molecule has 3 aromatic rings. The van der Waals surface area contributed by atoms with E-state index in [2.05, 4.69) is 4.98 Å². The number of benzene rings is 2. The molecule has 2 N–H and O–H groups in total. The van der Waals surface area contributed by atoms with Crippen LogP contribution < -0.4 is 5.73 Å². The van der Waals surface area contributed by atoms with Gasteiger partial charge in [0.2, 0.25) is 5.95 Å². The van der Waals surface area contributed by atoms with Gasteiger partial charge in [0.1, 0.15) is 5.82 Å². The number of rotatable bonds is 1. The zero-order valence-electron chi connectivity index (χ0n) is 11.1. The number of anilines is 1. The normalized spacial score (nSPS) is 11.2. The molecule has 3 nitrogen and oxygen atoms in total. The molecular weight excluding hydrogens is 368 g/mol. The van der Waals surface area contributed by atoms with Crippen molar-refractivity contribution >= 4 is 39.6 Å². The lowest BCUT2D eigenvalue weighted by Crippen LogP contribution is -2.03. The number of nitrogen functional groups attached to an aromatic ring is 1. The summed E-state index contributed by atoms with van der Waals surface area (Å²) < 4.78 is 16.2. The second-order valence-corrected chi connectivity index (χ2v) is 6.01. The molecule has 0 aliphatic heterocycles. The zero-order chi connectivity index (χ0) is 14.4. The van der Waals surface area contributed by atoms with E-state index in [0.717, 1.165) is 16.8 Å². The third-order valence-corrected chi connectivity index (χ3v) is 4.15. The van der Waals surface area contributed by atoms with Crippen LogP contribution in [0.3, 0.4) is 0 Å². The molecule has 3 rings (SSSR count). The van der Waals surface area contributed by atoms with Gasteiger partial charge in [0, 0.05) is 6.07 Å². The van der Waals surface area contributed by atoms with Crippen LogP contribution in [-0.2, 0) is 0 Å². The van der Waals surface area contributed by atoms with Gasteiger partial charge in [0.25, 0.3) is 0 Å². The Hall–Kier alpha value is -1.63. The fourth-order valence-electron chi connectivity index (χ4n) is 2.30. The van der Waals surface area contributed by atoms with E-state index in [9.17, 15) is 4.39 Å². The molecule has 102 valence electrons. The first-order valence-corrected chi connectivity index (χ1v) is 7.26. The number of hydrogen-bond acceptors (Lipinski definition) is 2. The predicted octanol–water partition coefficient (Wildman–Crippen LogP) is 3.97. The zero-order valence-corrected chi connectivity index (χ0v) is 13.3. The molecule has 0 radical (unpaired) electrons. The molecule has 1 aromatic heterocycles. The first-order chi connectivity index (χ1) is 9.47. The highest BCUT2D eigenvalue weighted by molar-refractivity contribution is 14.1. The largest absolute Gasteiger partial charge is 0.369 e. The van der Waals surface area contributed by atoms with Crippen molar-refractivity contribution in [3.05, 3.63) is 50.8 Å². The SMILES string of the molecule is Cc1ccc(C)c(-n2c(N)nc3cc(I)c(F)cc32)c1. The summed E-state index contributed by atoms with van der Waals surface area (Å²) >= 11 is 1.96. The summed E-state index contributed by atoms with van der Waals surface area (Å²) in [6.45, 7) is 4.02. The molecule has 0 saturated carbocycles. The van der Waals surface area contributed by atoms with Gasteiger partial charge >= 0.3 is 0 Å². The monoisotopic (exact) mass is 381 g/mol. The Bertz CT molecular complexity index is 824. The van der Waals surface area contributed by atoms with Crippen molar-refractivity contribution in [1.29, 1.82) is 0 Å². The van der Waals surface area contributed by atoms with E-state index < -0.39 is 0 Å². The average molecular weight is 381 g/mol. The third kappa shape index (κ3) is 2.06. The highest BCUT2D eigenvalue weighted by Gasteiger charge is 2.14. The van der Waals surface area contributed by atoms with Crippen LogP contribution in [-0.4, -0.2) is 9.55 Å². The third-order valence-electron chi connectivity index (χ3n) is 3.33. The van der Waals surface area contributed by atoms with Gasteiger partial charge < -0.3 is 5.73 Å². The Morgan fingerprint density at radius 3 is 2.70 bits per heavy atom. The highest BCUT2D eigenvalue weighted by Crippen LogP contribution is 2.28. The molecule has 0 amide bonds. The van der Waals surface area contributed by atoms with Gasteiger partial charge in [0.15, 0.2) is 0 Å². The summed E-state index contributed by atoms with van der Waals surface area (Å²) in [5.41, 5.74) is 10.6. The first-order valence-electron chi connectivity index (χ1n) is 6.18. The number of hydrogen-bond donors (Lipinski definition) is 1. The number of nitrogens with two attached hydrogens (primary N) is 1. The number of imidazole rings is 1. The molecule has 0 atom stereocenters. The molecule has 1 heterocycles. The number of nitrogens with zero attached hydrogens (tertiary/aromatic N) is 2. The van der Waals surface area contributed by atoms with Crippen LogP contribution in [0.5, 0.6) is 0 Å². The Labute approximate surface area is 129 Å². The van der Waals surface area contributed by atoms with Crippen molar-refractivity contribution in [2.24, 2.45) is 0 Å². The molecule has 0 aliphatic rings. The van der Waals surface area contributed by atoms with Gasteiger partial charge in [-0.2, -0.15) is 0 Å². The van der Waals surface area contributed by atoms with Gasteiger partial charge in [0.05, 0.1) is 20.3 Å². The molecule has 5 heteroatoms. The second kappa shape index (κ2) is 4.73. The molecule has 0 unspecified atom stereocenters. The first kappa shape index (κ1) is 13.4. The van der Waals surface area contributed by atoms with E-state index in [1.54, 1.807) is 10.6 Å². The molecule has 20 heavy (non-hydrogen) atoms. The van der Waals surface area contributed by atoms with Gasteiger partial charge in [-0.3, -0.25) is 4.57 Å². The van der Waals surface area contributed by atoms with Crippen molar-refractivity contribution in [3.63, 3.8) is 0 Å². The summed E-state index contributed by atoms with van der Waals surface area (Å²) in [6, 6.07) is 9.30. The molecule has 2 aromatic carbocycles. The van der Waals surface area contributed by atoms with Gasteiger partial charge in [-0.15, -0.1) is 0 Å². The summed E-state index contributed by atoms with van der Waals surface area (Å²) in [6.07, 6.45) is 0. The van der Waals surface area contributed by atoms with Gasteiger partial charge in [-0.1, -0.05) is 12.1 Å². The smallest absolute Gasteiger partial charge is 0.205 e. The van der Waals surface area contributed by atoms with Crippen molar-refractivity contribution in [2.75, 3.05) is 5.73 Å². The Kier molecular flexibility index (Phi) is 3.16. The summed E-state index contributed by atoms with van der Waals surface area (Å²) in [5, 5.41) is 0. The van der Waals surface area contributed by atoms with Crippen LogP contribution in [0.1, 0.15) is 11.1 Å². The summed E-state index contributed by atoms with van der Waals surface area (Å²) in [7, 11) is 0. The van der Waals surface area contributed by atoms with Crippen LogP contribution in [0.25, 0.3) is 16.7 Å². The fraction of sp³-hybridized carbons (Fsp3) is 0.133. The Morgan fingerprint density at radius 1 is 1.20 bits per heavy atom. The fourth-order valence-corrected chi connectivity index (χ4v) is 2.76. The maximum absolute atomic E-state index is 13.8. The number of halogens is 2. The van der Waals surface area contributed by atoms with Crippen LogP contribution in [0, 0.1) is 23.2 Å². The van der Waals surface area contributed by atoms with E-state index in [-0.39, 0.29) is 5.82 Å². The highest BCUT2D eigenvalue weighted by atomic mass is 127. The van der Waals surface area contributed by atoms with Crippen LogP contribution in [0.15, 0.2) is 30.3 Å². The minimum absolute atomic E-state index is 0.260. The van der Waals surface area contributed by atoms with Gasteiger partial charge in [-0.25, -0.2) is 9.37 Å². The number of aromatic nitrogens is 2. The van der Waals surface area contributed by atoms with Crippen LogP contribution >= 0.6 is 22.6 Å². The molecule has 0 saturated heterocycles. The van der Waals surface area contributed by atoms with Crippen molar-refractivity contribution in [1.82, 2.24) is 9.55 Å². The molecule has 0 aliphatic carbocycles. The molecule has 0 spiro atoms. The summed E-state index contributed by atoms with van der Waals surface area (Å²) in [4.78, 5) is 4.33.